The summed E-state index contributed by atoms with van der Waals surface area (Å²) in [6.07, 6.45) is 0. The van der Waals surface area contributed by atoms with E-state index >= 15 is 0 Å². The van der Waals surface area contributed by atoms with Gasteiger partial charge in [-0.3, -0.25) is 9.59 Å². The predicted octanol–water partition coefficient (Wildman–Crippen LogP) is 2.57. The quantitative estimate of drug-likeness (QED) is 0.517. The van der Waals surface area contributed by atoms with Gasteiger partial charge in [0.2, 0.25) is 10.0 Å². The van der Waals surface area contributed by atoms with Crippen molar-refractivity contribution in [1.82, 2.24) is 0 Å². The van der Waals surface area contributed by atoms with Crippen LogP contribution in [-0.2, 0) is 24.3 Å². The Morgan fingerprint density at radius 2 is 1.93 bits per heavy atom. The molecule has 2 aromatic carbocycles. The van der Waals surface area contributed by atoms with Crippen LogP contribution in [0.5, 0.6) is 0 Å². The fraction of sp³-hybridized carbons (Fsp3) is 0.176. The maximum absolute atomic E-state index is 11.9. The molecule has 144 valence electrons. The van der Waals surface area contributed by atoms with Gasteiger partial charge in [-0.05, 0) is 36.8 Å². The molecule has 10 heteroatoms. The number of thioether (sulfide) groups is 1. The van der Waals surface area contributed by atoms with Crippen LogP contribution in [0.2, 0.25) is 5.02 Å². The maximum Gasteiger partial charge on any atom is 0.316 e. The Hall–Kier alpha value is -2.07. The Kier molecular flexibility index (Phi) is 7.25. The summed E-state index contributed by atoms with van der Waals surface area (Å²) in [4.78, 5) is 24.3. The van der Waals surface area contributed by atoms with E-state index in [4.69, 9.17) is 21.5 Å². The number of nitrogens with one attached hydrogen (secondary N) is 1. The van der Waals surface area contributed by atoms with E-state index in [0.717, 1.165) is 4.90 Å². The molecule has 1 amide bonds. The molecule has 2 aromatic rings. The topological polar surface area (TPSA) is 116 Å². The molecule has 0 aliphatic heterocycles. The Balaban J connectivity index is 1.86. The summed E-state index contributed by atoms with van der Waals surface area (Å²) in [5.41, 5.74) is 0.689. The van der Waals surface area contributed by atoms with Crippen LogP contribution in [0.25, 0.3) is 0 Å². The smallest absolute Gasteiger partial charge is 0.316 e. The average molecular weight is 429 g/mol. The first-order chi connectivity index (χ1) is 12.7. The molecule has 3 N–H and O–H groups in total. The number of hydrogen-bond acceptors (Lipinski definition) is 6. The highest BCUT2D eigenvalue weighted by Crippen LogP contribution is 2.26. The van der Waals surface area contributed by atoms with Crippen molar-refractivity contribution in [2.24, 2.45) is 5.14 Å². The Morgan fingerprint density at radius 1 is 1.22 bits per heavy atom. The Bertz CT molecular complexity index is 964. The number of anilines is 1. The Labute approximate surface area is 166 Å². The van der Waals surface area contributed by atoms with Crippen LogP contribution in [-0.4, -0.2) is 32.7 Å². The highest BCUT2D eigenvalue weighted by Gasteiger charge is 2.14. The number of carbonyl (C=O) groups excluding carboxylic acids is 2. The lowest BCUT2D eigenvalue weighted by Gasteiger charge is -2.09. The lowest BCUT2D eigenvalue weighted by molar-refractivity contribution is -0.144. The van der Waals surface area contributed by atoms with Crippen molar-refractivity contribution in [1.29, 1.82) is 0 Å². The number of primary sulfonamides is 1. The fourth-order valence-electron chi connectivity index (χ4n) is 2.07. The highest BCUT2D eigenvalue weighted by atomic mass is 35.5. The number of esters is 1. The second-order valence-electron chi connectivity index (χ2n) is 5.45. The number of nitrogens with two attached hydrogens (primary N) is 1. The van der Waals surface area contributed by atoms with Crippen LogP contribution in [0.4, 0.5) is 5.69 Å². The second kappa shape index (κ2) is 9.23. The summed E-state index contributed by atoms with van der Waals surface area (Å²) >= 11 is 7.19. The first-order valence-electron chi connectivity index (χ1n) is 7.63. The molecule has 7 nitrogen and oxygen atoms in total. The minimum Gasteiger partial charge on any atom is -0.455 e. The van der Waals surface area contributed by atoms with Gasteiger partial charge in [0.25, 0.3) is 5.91 Å². The minimum atomic E-state index is -3.90. The standard InChI is InChI=1S/C17H17ClN2O5S2/c1-11-6-7-12(8-15(11)27(19,23)24)20-16(21)9-25-17(22)10-26-14-5-3-2-4-13(14)18/h2-8H,9-10H2,1H3,(H,20,21)(H2,19,23,24). The molecule has 0 unspecified atom stereocenters. The first-order valence-corrected chi connectivity index (χ1v) is 10.5. The molecular weight excluding hydrogens is 412 g/mol. The Morgan fingerprint density at radius 3 is 2.59 bits per heavy atom. The van der Waals surface area contributed by atoms with E-state index in [1.165, 1.54) is 30.0 Å². The van der Waals surface area contributed by atoms with E-state index in [-0.39, 0.29) is 16.3 Å². The number of halogens is 1. The molecule has 0 bridgehead atoms. The van der Waals surface area contributed by atoms with Gasteiger partial charge in [-0.2, -0.15) is 0 Å². The third-order valence-corrected chi connectivity index (χ3v) is 5.87. The van der Waals surface area contributed by atoms with Crippen LogP contribution in [0, 0.1) is 6.92 Å². The van der Waals surface area contributed by atoms with E-state index in [1.54, 1.807) is 31.2 Å². The van der Waals surface area contributed by atoms with Gasteiger partial charge in [-0.1, -0.05) is 29.8 Å². The number of benzene rings is 2. The average Bonchev–Trinajstić information content (AvgIpc) is 2.60. The van der Waals surface area contributed by atoms with E-state index in [2.05, 4.69) is 5.32 Å². The molecule has 0 radical (unpaired) electrons. The number of rotatable bonds is 7. The second-order valence-corrected chi connectivity index (χ2v) is 8.41. The lowest BCUT2D eigenvalue weighted by Crippen LogP contribution is -2.22. The zero-order valence-electron chi connectivity index (χ0n) is 14.3. The number of aryl methyl sites for hydroxylation is 1. The van der Waals surface area contributed by atoms with Crippen molar-refractivity contribution >= 4 is 50.9 Å². The molecule has 2 rings (SSSR count). The zero-order chi connectivity index (χ0) is 20.0. The zero-order valence-corrected chi connectivity index (χ0v) is 16.7. The first kappa shape index (κ1) is 21.2. The third-order valence-electron chi connectivity index (χ3n) is 3.32. The predicted molar refractivity (Wildman–Crippen MR) is 104 cm³/mol. The molecule has 27 heavy (non-hydrogen) atoms. The van der Waals surface area contributed by atoms with Crippen molar-refractivity contribution in [2.75, 3.05) is 17.7 Å². The van der Waals surface area contributed by atoms with Crippen LogP contribution in [0.15, 0.2) is 52.3 Å². The van der Waals surface area contributed by atoms with E-state index in [0.29, 0.717) is 10.6 Å². The maximum atomic E-state index is 11.9. The van der Waals surface area contributed by atoms with Gasteiger partial charge in [0, 0.05) is 10.6 Å². The minimum absolute atomic E-state index is 0.00287. The van der Waals surface area contributed by atoms with Crippen LogP contribution >= 0.6 is 23.4 Å². The van der Waals surface area contributed by atoms with Gasteiger partial charge in [0.05, 0.1) is 15.7 Å². The number of sulfonamides is 1. The van der Waals surface area contributed by atoms with E-state index in [1.807, 2.05) is 0 Å². The molecular formula is C17H17ClN2O5S2. The van der Waals surface area contributed by atoms with Gasteiger partial charge in [-0.25, -0.2) is 13.6 Å². The molecule has 0 saturated carbocycles. The summed E-state index contributed by atoms with van der Waals surface area (Å²) in [5.74, 6) is -1.18. The summed E-state index contributed by atoms with van der Waals surface area (Å²) < 4.78 is 27.9. The van der Waals surface area contributed by atoms with Gasteiger partial charge in [-0.15, -0.1) is 11.8 Å². The van der Waals surface area contributed by atoms with Crippen molar-refractivity contribution in [3.63, 3.8) is 0 Å². The molecule has 0 fully saturated rings. The summed E-state index contributed by atoms with van der Waals surface area (Å²) in [5, 5.41) is 8.11. The number of amides is 1. The van der Waals surface area contributed by atoms with Crippen LogP contribution < -0.4 is 10.5 Å². The van der Waals surface area contributed by atoms with Gasteiger partial charge in [0.15, 0.2) is 6.61 Å². The lowest BCUT2D eigenvalue weighted by atomic mass is 10.2. The molecule has 0 spiro atoms. The molecule has 0 aliphatic carbocycles. The number of hydrogen-bond donors (Lipinski definition) is 2. The van der Waals surface area contributed by atoms with Gasteiger partial charge >= 0.3 is 5.97 Å². The van der Waals surface area contributed by atoms with Gasteiger partial charge in [0.1, 0.15) is 0 Å². The SMILES string of the molecule is Cc1ccc(NC(=O)COC(=O)CSc2ccccc2Cl)cc1S(N)(=O)=O. The van der Waals surface area contributed by atoms with E-state index in [9.17, 15) is 18.0 Å². The summed E-state index contributed by atoms with van der Waals surface area (Å²) in [7, 11) is -3.90. The van der Waals surface area contributed by atoms with E-state index < -0.39 is 28.5 Å². The summed E-state index contributed by atoms with van der Waals surface area (Å²) in [6.45, 7) is 1.09. The molecule has 0 aliphatic rings. The third kappa shape index (κ3) is 6.55. The molecule has 0 saturated heterocycles. The number of carbonyl (C=O) groups is 2. The van der Waals surface area contributed by atoms with Crippen LogP contribution in [0.1, 0.15) is 5.56 Å². The molecule has 0 aromatic heterocycles. The molecule has 0 atom stereocenters. The highest BCUT2D eigenvalue weighted by molar-refractivity contribution is 8.00. The molecule has 0 heterocycles. The van der Waals surface area contributed by atoms with Crippen LogP contribution in [0.3, 0.4) is 0 Å². The van der Waals surface area contributed by atoms with Crippen molar-refractivity contribution in [3.05, 3.63) is 53.1 Å². The van der Waals surface area contributed by atoms with Crippen molar-refractivity contribution in [3.8, 4) is 0 Å². The van der Waals surface area contributed by atoms with Gasteiger partial charge < -0.3 is 10.1 Å². The number of ether oxygens (including phenoxy) is 1. The fourth-order valence-corrected chi connectivity index (χ4v) is 3.91. The van der Waals surface area contributed by atoms with Crippen molar-refractivity contribution in [2.45, 2.75) is 16.7 Å². The largest absolute Gasteiger partial charge is 0.455 e. The van der Waals surface area contributed by atoms with Crippen molar-refractivity contribution < 1.29 is 22.7 Å². The monoisotopic (exact) mass is 428 g/mol. The summed E-state index contributed by atoms with van der Waals surface area (Å²) in [6, 6.07) is 11.3. The normalized spacial score (nSPS) is 11.1.